The number of carboxylic acid groups (broad SMARTS) is 3. The maximum Gasteiger partial charge on any atom is 0.305 e. The summed E-state index contributed by atoms with van der Waals surface area (Å²) in [6.07, 6.45) is 77.6. The Labute approximate surface area is 798 Å². The van der Waals surface area contributed by atoms with Crippen LogP contribution in [-0.2, 0) is 28.8 Å². The van der Waals surface area contributed by atoms with Gasteiger partial charge < -0.3 is 90.3 Å². The second-order valence-corrected chi connectivity index (χ2v) is 31.7. The summed E-state index contributed by atoms with van der Waals surface area (Å²) < 4.78 is 54.9. The zero-order valence-electron chi connectivity index (χ0n) is 79.5. The van der Waals surface area contributed by atoms with Gasteiger partial charge in [0.1, 0.15) is 17.3 Å². The lowest BCUT2D eigenvalue weighted by Crippen LogP contribution is -2.36. The molecule has 0 bridgehead atoms. The minimum Gasteiger partial charge on any atom is -0.490 e. The van der Waals surface area contributed by atoms with Crippen LogP contribution in [0, 0.1) is 111 Å². The predicted octanol–water partition coefficient (Wildman–Crippen LogP) is 16.4. The van der Waals surface area contributed by atoms with Crippen molar-refractivity contribution >= 4 is 53.0 Å². The number of hydrogen-bond donors (Lipinski definition) is 9. The van der Waals surface area contributed by atoms with Crippen LogP contribution in [-0.4, -0.2) is 180 Å². The van der Waals surface area contributed by atoms with Gasteiger partial charge in [0.25, 0.3) is 17.7 Å². The molecule has 3 aromatic rings. The third kappa shape index (κ3) is 59.2. The summed E-state index contributed by atoms with van der Waals surface area (Å²) in [7, 11) is 3.17. The number of carbonyl (C=O) groups is 9. The molecule has 0 radical (unpaired) electrons. The number of ketones is 3. The number of carbonyl (C=O) groups excluding carboxylic acids is 6. The summed E-state index contributed by atoms with van der Waals surface area (Å²) in [6.45, 7) is 5.11. The number of carboxylic acids is 3. The SMILES string of the molecule is C#CCCCCOc1cc(C(=O)NCCCCCCC(=O)[C@@H](N)CC(=O)O)cc(OCCCCC#C)c1OCCCCC#C.C#CCCCCOc1cc(C(=O)NCCCCCCC(=O)[C@H](CC(=O)O)NC)cc(OCCCCC#C)c1OCCCCC#C.C#CCCCCOc1cc(C(=O)NCCCCCCC(=O)[C@H](CC(=O)O)NC)cc(OCCCCC#C)c1OCCCCC#C. The van der Waals surface area contributed by atoms with Gasteiger partial charge in [0.2, 0.25) is 17.2 Å². The molecule has 0 fully saturated rings. The monoisotopic (exact) mass is 1850 g/mol. The van der Waals surface area contributed by atoms with Crippen LogP contribution >= 0.6 is 0 Å². The van der Waals surface area contributed by atoms with Crippen LogP contribution in [0.5, 0.6) is 51.7 Å². The topological polar surface area (TPSA) is 384 Å². The van der Waals surface area contributed by atoms with Gasteiger partial charge in [-0.15, -0.1) is 111 Å². The van der Waals surface area contributed by atoms with E-state index in [2.05, 4.69) is 79.9 Å². The Hall–Kier alpha value is -12.4. The molecular weight excluding hydrogens is 1710 g/mol. The lowest BCUT2D eigenvalue weighted by atomic mass is 10.0. The smallest absolute Gasteiger partial charge is 0.305 e. The van der Waals surface area contributed by atoms with Crippen LogP contribution in [0.4, 0.5) is 0 Å². The predicted molar refractivity (Wildman–Crippen MR) is 525 cm³/mol. The Balaban J connectivity index is 0.00000101. The van der Waals surface area contributed by atoms with E-state index in [0.717, 1.165) is 173 Å². The molecule has 3 rings (SSSR count). The number of terminal acetylenes is 9. The molecule has 0 aliphatic carbocycles. The molecule has 3 aromatic carbocycles. The van der Waals surface area contributed by atoms with Crippen LogP contribution in [0.25, 0.3) is 0 Å². The van der Waals surface area contributed by atoms with Crippen LogP contribution < -0.4 is 74.9 Å². The number of ether oxygens (including phenoxy) is 9. The summed E-state index contributed by atoms with van der Waals surface area (Å²) in [6, 6.07) is 7.76. The fraction of sp³-hybridized carbons (Fsp3) is 0.579. The minimum absolute atomic E-state index is 0.101. The summed E-state index contributed by atoms with van der Waals surface area (Å²) in [5, 5.41) is 41.0. The van der Waals surface area contributed by atoms with Crippen molar-refractivity contribution in [2.24, 2.45) is 5.73 Å². The number of unbranched alkanes of at least 4 members (excludes halogenated alkanes) is 27. The van der Waals surface area contributed by atoms with Crippen LogP contribution in [0.15, 0.2) is 36.4 Å². The fourth-order valence-corrected chi connectivity index (χ4v) is 13.0. The molecule has 0 aliphatic rings. The van der Waals surface area contributed by atoms with Crippen LogP contribution in [0.3, 0.4) is 0 Å². The first-order chi connectivity index (χ1) is 65.1. The molecule has 3 atom stereocenters. The van der Waals surface area contributed by atoms with Crippen molar-refractivity contribution in [3.63, 3.8) is 0 Å². The Morgan fingerprint density at radius 2 is 0.470 bits per heavy atom. The second-order valence-electron chi connectivity index (χ2n) is 31.7. The van der Waals surface area contributed by atoms with Crippen molar-refractivity contribution in [2.45, 2.75) is 307 Å². The Kier molecular flexibility index (Phi) is 72.6. The average molecular weight is 1850 g/mol. The highest BCUT2D eigenvalue weighted by Crippen LogP contribution is 2.43. The molecule has 0 saturated carbocycles. The molecule has 0 spiro atoms. The Bertz CT molecular complexity index is 4010. The summed E-state index contributed by atoms with van der Waals surface area (Å²) in [5.74, 6) is 23.3. The molecule has 0 aliphatic heterocycles. The van der Waals surface area contributed by atoms with E-state index in [0.29, 0.717) is 237 Å². The van der Waals surface area contributed by atoms with Gasteiger partial charge in [0, 0.05) is 113 Å². The largest absolute Gasteiger partial charge is 0.490 e. The zero-order chi connectivity index (χ0) is 98.7. The Morgan fingerprint density at radius 1 is 0.276 bits per heavy atom. The summed E-state index contributed by atoms with van der Waals surface area (Å²) in [4.78, 5) is 108. The maximum absolute atomic E-state index is 13.2. The molecule has 134 heavy (non-hydrogen) atoms. The van der Waals surface area contributed by atoms with E-state index in [1.165, 1.54) is 0 Å². The number of benzene rings is 3. The lowest BCUT2D eigenvalue weighted by Gasteiger charge is -2.19. The van der Waals surface area contributed by atoms with Gasteiger partial charge in [-0.25, -0.2) is 0 Å². The van der Waals surface area contributed by atoms with Crippen LogP contribution in [0.1, 0.15) is 320 Å². The number of hydrogen-bond acceptors (Lipinski definition) is 21. The van der Waals surface area contributed by atoms with Gasteiger partial charge in [-0.2, -0.15) is 0 Å². The van der Waals surface area contributed by atoms with Gasteiger partial charge >= 0.3 is 17.9 Å². The average Bonchev–Trinajstić information content (AvgIpc) is 0.823. The van der Waals surface area contributed by atoms with Gasteiger partial charge in [0.15, 0.2) is 34.5 Å². The number of nitrogens with two attached hydrogens (primary N) is 1. The van der Waals surface area contributed by atoms with Gasteiger partial charge in [-0.1, -0.05) is 38.5 Å². The lowest BCUT2D eigenvalue weighted by molar-refractivity contribution is -0.140. The van der Waals surface area contributed by atoms with Crippen molar-refractivity contribution in [3.05, 3.63) is 53.1 Å². The zero-order valence-corrected chi connectivity index (χ0v) is 79.5. The van der Waals surface area contributed by atoms with Gasteiger partial charge in [-0.05, 0) is 205 Å². The highest BCUT2D eigenvalue weighted by atomic mass is 16.6. The van der Waals surface area contributed by atoms with E-state index in [9.17, 15) is 43.2 Å². The highest BCUT2D eigenvalue weighted by molar-refractivity contribution is 5.97. The molecule has 27 heteroatoms. The summed E-state index contributed by atoms with van der Waals surface area (Å²) in [5.41, 5.74) is 6.79. The maximum atomic E-state index is 13.2. The van der Waals surface area contributed by atoms with E-state index < -0.39 is 36.0 Å². The quantitative estimate of drug-likeness (QED) is 0.0187. The van der Waals surface area contributed by atoms with Gasteiger partial charge in [-0.3, -0.25) is 43.2 Å². The van der Waals surface area contributed by atoms with Crippen molar-refractivity contribution in [3.8, 4) is 163 Å². The normalized spacial score (nSPS) is 11.0. The molecule has 0 aromatic heterocycles. The first kappa shape index (κ1) is 120. The van der Waals surface area contributed by atoms with E-state index in [-0.39, 0.29) is 60.8 Å². The first-order valence-electron chi connectivity index (χ1n) is 47.4. The third-order valence-electron chi connectivity index (χ3n) is 20.5. The number of rotatable bonds is 80. The number of nitrogens with one attached hydrogen (secondary N) is 5. The first-order valence-corrected chi connectivity index (χ1v) is 47.4. The standard InChI is InChI=1S/2C36H50N2O7.C35H48N2O7/c2*1-5-8-11-18-23-43-32-26-29(27-33(44-24-19-12-9-6-2)35(32)45-25-20-13-10-7-3)36(42)38-22-17-15-14-16-21-31(39)30(37-4)28-34(40)41;1-4-7-10-17-22-42-31-25-28(35(41)37-21-16-14-13-15-20-30(38)29(36)27-33(39)40)26-32(43-23-18-11-8-5-2)34(31)44-24-19-12-9-6-3/h2*1-3,26-27,30,37H,8-25,28H2,4H3,(H,38,42)(H,40,41);1-3,25-26,29H,7-24,27,36H2,(H,37,41)(H,39,40)/t2*30-;29-/m000/s1. The molecular formula is C107H148N6O21. The number of likely N-dealkylation sites (N-methyl/N-ethyl adjacent to an activating group) is 2. The van der Waals surface area contributed by atoms with E-state index in [1.807, 2.05) is 0 Å². The molecule has 27 nitrogen and oxygen atoms in total. The molecule has 10 N–H and O–H groups in total. The van der Waals surface area contributed by atoms with Crippen molar-refractivity contribution in [1.82, 2.24) is 26.6 Å². The summed E-state index contributed by atoms with van der Waals surface area (Å²) >= 11 is 0. The highest BCUT2D eigenvalue weighted by Gasteiger charge is 2.26. The Morgan fingerprint density at radius 3 is 0.664 bits per heavy atom. The number of amides is 3. The molecule has 0 saturated heterocycles. The molecule has 3 amide bonds. The number of Topliss-reactive ketones (excluding diaryl/α,β-unsaturated/α-hetero) is 3. The molecule has 732 valence electrons. The second kappa shape index (κ2) is 81.4. The van der Waals surface area contributed by atoms with Crippen LogP contribution in [0.2, 0.25) is 0 Å². The van der Waals surface area contributed by atoms with Crippen molar-refractivity contribution in [1.29, 1.82) is 0 Å². The van der Waals surface area contributed by atoms with E-state index in [1.54, 1.807) is 50.5 Å². The third-order valence-corrected chi connectivity index (χ3v) is 20.5. The van der Waals surface area contributed by atoms with E-state index in [4.69, 9.17) is 121 Å². The fourth-order valence-electron chi connectivity index (χ4n) is 13.0. The van der Waals surface area contributed by atoms with E-state index >= 15 is 0 Å². The van der Waals surface area contributed by atoms with Crippen molar-refractivity contribution in [2.75, 3.05) is 93.2 Å². The van der Waals surface area contributed by atoms with Crippen molar-refractivity contribution < 1.29 is 101 Å². The number of aliphatic carboxylic acids is 3. The molecule has 0 heterocycles. The molecule has 0 unspecified atom stereocenters. The minimum atomic E-state index is -1.09. The van der Waals surface area contributed by atoms with Gasteiger partial charge in [0.05, 0.1) is 96.8 Å².